The van der Waals surface area contributed by atoms with Crippen LogP contribution >= 0.6 is 12.2 Å². The molecule has 3 aromatic carbocycles. The molecular formula is C28H27F3N6O2S. The SMILES string of the molecule is CCN(C(=O)N(CCc1ccc(-c2ncn(-c3ccc(OC(F)(F)F)cc3)n2)cc1C)C(N)=S)c1ccccc1. The molecule has 0 aliphatic carbocycles. The van der Waals surface area contributed by atoms with Crippen LogP contribution in [-0.4, -0.2) is 50.3 Å². The average Bonchev–Trinajstić information content (AvgIpc) is 3.40. The zero-order valence-corrected chi connectivity index (χ0v) is 22.6. The fourth-order valence-electron chi connectivity index (χ4n) is 4.15. The van der Waals surface area contributed by atoms with Crippen molar-refractivity contribution >= 4 is 29.0 Å². The number of halogens is 3. The second-order valence-corrected chi connectivity index (χ2v) is 9.22. The van der Waals surface area contributed by atoms with Gasteiger partial charge < -0.3 is 10.5 Å². The summed E-state index contributed by atoms with van der Waals surface area (Å²) < 4.78 is 42.6. The van der Waals surface area contributed by atoms with Gasteiger partial charge in [0, 0.05) is 24.3 Å². The van der Waals surface area contributed by atoms with Gasteiger partial charge in [-0.2, -0.15) is 0 Å². The first kappa shape index (κ1) is 28.6. The van der Waals surface area contributed by atoms with Crippen LogP contribution in [0, 0.1) is 6.92 Å². The molecule has 0 unspecified atom stereocenters. The summed E-state index contributed by atoms with van der Waals surface area (Å²) in [4.78, 5) is 20.6. The number of carbonyl (C=O) groups is 1. The number of hydrogen-bond donors (Lipinski definition) is 1. The molecule has 12 heteroatoms. The highest BCUT2D eigenvalue weighted by Crippen LogP contribution is 2.25. The lowest BCUT2D eigenvalue weighted by Gasteiger charge is -2.29. The molecule has 0 radical (unpaired) electrons. The van der Waals surface area contributed by atoms with E-state index in [1.807, 2.05) is 62.4 Å². The van der Waals surface area contributed by atoms with Crippen LogP contribution in [0.5, 0.6) is 5.75 Å². The molecule has 4 rings (SSSR count). The van der Waals surface area contributed by atoms with Crippen molar-refractivity contribution in [2.75, 3.05) is 18.0 Å². The third-order valence-electron chi connectivity index (χ3n) is 6.14. The maximum atomic E-state index is 13.3. The van der Waals surface area contributed by atoms with E-state index in [4.69, 9.17) is 18.0 Å². The largest absolute Gasteiger partial charge is 0.573 e. The van der Waals surface area contributed by atoms with E-state index in [0.717, 1.165) is 22.4 Å². The molecule has 8 nitrogen and oxygen atoms in total. The number of nitrogens with two attached hydrogens (primary N) is 1. The normalized spacial score (nSPS) is 11.2. The molecule has 2 amide bonds. The fraction of sp³-hybridized carbons (Fsp3) is 0.214. The van der Waals surface area contributed by atoms with Gasteiger partial charge in [-0.1, -0.05) is 30.3 Å². The molecule has 4 aromatic rings. The van der Waals surface area contributed by atoms with Crippen LogP contribution in [0.3, 0.4) is 0 Å². The third-order valence-corrected chi connectivity index (χ3v) is 6.36. The Morgan fingerprint density at radius 1 is 1.07 bits per heavy atom. The van der Waals surface area contributed by atoms with Crippen molar-refractivity contribution in [3.05, 3.63) is 90.3 Å². The zero-order valence-electron chi connectivity index (χ0n) is 21.8. The minimum atomic E-state index is -4.76. The number of carbonyl (C=O) groups excluding carboxylic acids is 1. The number of anilines is 1. The van der Waals surface area contributed by atoms with Crippen molar-refractivity contribution in [1.82, 2.24) is 19.7 Å². The Morgan fingerprint density at radius 2 is 1.77 bits per heavy atom. The van der Waals surface area contributed by atoms with Gasteiger partial charge in [0.2, 0.25) is 0 Å². The zero-order chi connectivity index (χ0) is 28.9. The second kappa shape index (κ2) is 12.2. The predicted octanol–water partition coefficient (Wildman–Crippen LogP) is 5.88. The van der Waals surface area contributed by atoms with Crippen molar-refractivity contribution in [2.24, 2.45) is 5.73 Å². The summed E-state index contributed by atoms with van der Waals surface area (Å²) >= 11 is 5.20. The topological polar surface area (TPSA) is 89.5 Å². The van der Waals surface area contributed by atoms with E-state index in [1.165, 1.54) is 40.2 Å². The van der Waals surface area contributed by atoms with Crippen molar-refractivity contribution in [3.63, 3.8) is 0 Å². The Balaban J connectivity index is 1.45. The lowest BCUT2D eigenvalue weighted by Crippen LogP contribution is -2.49. The Labute approximate surface area is 234 Å². The standard InChI is InChI=1S/C28H27F3N6O2S/c1-3-35(22-7-5-4-6-8-22)27(38)36(26(32)40)16-15-20-9-10-21(17-19(20)2)25-33-18-37(34-25)23-11-13-24(14-12-23)39-28(29,30)31/h4-14,17-18H,3,15-16H2,1-2H3,(H2,32,40). The number of urea groups is 1. The number of rotatable bonds is 8. The first-order valence-corrected chi connectivity index (χ1v) is 12.8. The van der Waals surface area contributed by atoms with E-state index in [1.54, 1.807) is 4.90 Å². The molecule has 0 aliphatic rings. The molecule has 0 bridgehead atoms. The highest BCUT2D eigenvalue weighted by Gasteiger charge is 2.31. The van der Waals surface area contributed by atoms with Crippen LogP contribution in [0.15, 0.2) is 79.1 Å². The molecule has 0 atom stereocenters. The van der Waals surface area contributed by atoms with Crippen LogP contribution in [0.4, 0.5) is 23.7 Å². The van der Waals surface area contributed by atoms with E-state index in [9.17, 15) is 18.0 Å². The number of benzene rings is 3. The van der Waals surface area contributed by atoms with Gasteiger partial charge in [0.25, 0.3) is 0 Å². The first-order valence-electron chi connectivity index (χ1n) is 12.4. The van der Waals surface area contributed by atoms with Crippen molar-refractivity contribution in [1.29, 1.82) is 0 Å². The number of para-hydroxylation sites is 1. The Kier molecular flexibility index (Phi) is 8.68. The van der Waals surface area contributed by atoms with Gasteiger partial charge in [-0.3, -0.25) is 9.80 Å². The van der Waals surface area contributed by atoms with E-state index in [2.05, 4.69) is 14.8 Å². The molecule has 1 heterocycles. The lowest BCUT2D eigenvalue weighted by molar-refractivity contribution is -0.274. The summed E-state index contributed by atoms with van der Waals surface area (Å²) in [5, 5.41) is 4.46. The summed E-state index contributed by atoms with van der Waals surface area (Å²) in [6.07, 6.45) is -2.75. The van der Waals surface area contributed by atoms with Crippen LogP contribution in [0.25, 0.3) is 17.1 Å². The average molecular weight is 569 g/mol. The minimum Gasteiger partial charge on any atom is -0.406 e. The number of ether oxygens (including phenoxy) is 1. The maximum Gasteiger partial charge on any atom is 0.573 e. The molecule has 0 aliphatic heterocycles. The van der Waals surface area contributed by atoms with Crippen molar-refractivity contribution < 1.29 is 22.7 Å². The fourth-order valence-corrected chi connectivity index (χ4v) is 4.32. The lowest BCUT2D eigenvalue weighted by atomic mass is 10.0. The van der Waals surface area contributed by atoms with E-state index < -0.39 is 6.36 Å². The number of aromatic nitrogens is 3. The maximum absolute atomic E-state index is 13.3. The van der Waals surface area contributed by atoms with Crippen molar-refractivity contribution in [3.8, 4) is 22.8 Å². The van der Waals surface area contributed by atoms with Gasteiger partial charge in [0.1, 0.15) is 12.1 Å². The summed E-state index contributed by atoms with van der Waals surface area (Å²) in [7, 11) is 0. The summed E-state index contributed by atoms with van der Waals surface area (Å²) in [6.45, 7) is 4.60. The molecule has 0 spiro atoms. The van der Waals surface area contributed by atoms with Crippen LogP contribution in [-0.2, 0) is 6.42 Å². The number of amides is 2. The first-order chi connectivity index (χ1) is 19.1. The smallest absolute Gasteiger partial charge is 0.406 e. The summed E-state index contributed by atoms with van der Waals surface area (Å²) in [5.74, 6) is 0.132. The highest BCUT2D eigenvalue weighted by molar-refractivity contribution is 7.80. The number of thiocarbonyl (C=S) groups is 1. The molecule has 0 saturated carbocycles. The molecule has 2 N–H and O–H groups in total. The molecule has 208 valence electrons. The molecule has 40 heavy (non-hydrogen) atoms. The van der Waals surface area contributed by atoms with Gasteiger partial charge >= 0.3 is 12.4 Å². The molecule has 1 aromatic heterocycles. The quantitative estimate of drug-likeness (QED) is 0.267. The van der Waals surface area contributed by atoms with E-state index in [-0.39, 0.29) is 16.9 Å². The Hall–Kier alpha value is -4.45. The summed E-state index contributed by atoms with van der Waals surface area (Å²) in [6, 6.07) is 20.1. The highest BCUT2D eigenvalue weighted by atomic mass is 32.1. The minimum absolute atomic E-state index is 0.00129. The molecule has 0 saturated heterocycles. The number of hydrogen-bond acceptors (Lipinski definition) is 5. The van der Waals surface area contributed by atoms with E-state index in [0.29, 0.717) is 31.0 Å². The Morgan fingerprint density at radius 3 is 2.38 bits per heavy atom. The molecular weight excluding hydrogens is 541 g/mol. The van der Waals surface area contributed by atoms with Crippen molar-refractivity contribution in [2.45, 2.75) is 26.6 Å². The second-order valence-electron chi connectivity index (χ2n) is 8.80. The predicted molar refractivity (Wildman–Crippen MR) is 150 cm³/mol. The van der Waals surface area contributed by atoms with Gasteiger partial charge in [-0.25, -0.2) is 14.5 Å². The number of aryl methyl sites for hydroxylation is 1. The van der Waals surface area contributed by atoms with Crippen LogP contribution in [0.2, 0.25) is 0 Å². The van der Waals surface area contributed by atoms with Gasteiger partial charge in [0.15, 0.2) is 10.9 Å². The monoisotopic (exact) mass is 568 g/mol. The molecule has 0 fully saturated rings. The van der Waals surface area contributed by atoms with Gasteiger partial charge in [0.05, 0.1) is 5.69 Å². The van der Waals surface area contributed by atoms with Gasteiger partial charge in [-0.05, 0) is 86.1 Å². The third kappa shape index (κ3) is 6.94. The number of nitrogens with zero attached hydrogens (tertiary/aromatic N) is 5. The number of alkyl halides is 3. The van der Waals surface area contributed by atoms with E-state index >= 15 is 0 Å². The summed E-state index contributed by atoms with van der Waals surface area (Å²) in [5.41, 5.74) is 9.95. The van der Waals surface area contributed by atoms with Crippen LogP contribution in [0.1, 0.15) is 18.1 Å². The van der Waals surface area contributed by atoms with Crippen LogP contribution < -0.4 is 15.4 Å². The Bertz CT molecular complexity index is 1480. The van der Waals surface area contributed by atoms with Gasteiger partial charge in [-0.15, -0.1) is 18.3 Å².